The molecule has 1 aliphatic heterocycles. The van der Waals surface area contributed by atoms with E-state index in [0.29, 0.717) is 12.0 Å². The van der Waals surface area contributed by atoms with Crippen LogP contribution in [0.5, 0.6) is 5.88 Å². The molecule has 0 saturated heterocycles. The highest BCUT2D eigenvalue weighted by Crippen LogP contribution is 2.36. The average Bonchev–Trinajstić information content (AvgIpc) is 3.38. The second-order valence-corrected chi connectivity index (χ2v) is 7.19. The lowest BCUT2D eigenvalue weighted by molar-refractivity contribution is 0.102. The molecule has 1 aliphatic carbocycles. The first-order valence-electron chi connectivity index (χ1n) is 8.81. The zero-order valence-corrected chi connectivity index (χ0v) is 14.7. The van der Waals surface area contributed by atoms with E-state index in [1.807, 2.05) is 13.8 Å². The fraction of sp³-hybridized carbons (Fsp3) is 0.421. The Balaban J connectivity index is 1.61. The molecule has 0 aromatic carbocycles. The van der Waals surface area contributed by atoms with Gasteiger partial charge >= 0.3 is 0 Å². The van der Waals surface area contributed by atoms with Crippen molar-refractivity contribution >= 4 is 11.6 Å². The molecular weight excluding hydrogens is 337 g/mol. The quantitative estimate of drug-likeness (QED) is 0.854. The van der Waals surface area contributed by atoms with Gasteiger partial charge in [0.05, 0.1) is 5.56 Å². The van der Waals surface area contributed by atoms with E-state index < -0.39 is 17.5 Å². The molecule has 7 heteroatoms. The smallest absolute Gasteiger partial charge is 0.274 e. The molecule has 1 unspecified atom stereocenters. The summed E-state index contributed by atoms with van der Waals surface area (Å²) in [5, 5.41) is 2.52. The molecule has 136 valence electrons. The fourth-order valence-corrected chi connectivity index (χ4v) is 3.20. The van der Waals surface area contributed by atoms with Crippen molar-refractivity contribution < 1.29 is 13.9 Å². The van der Waals surface area contributed by atoms with E-state index in [0.717, 1.165) is 19.3 Å². The number of rotatable bonds is 4. The molecule has 0 bridgehead atoms. The van der Waals surface area contributed by atoms with Crippen LogP contribution >= 0.6 is 0 Å². The van der Waals surface area contributed by atoms with E-state index >= 15 is 0 Å². The number of anilines is 1. The molecular formula is C19H20FN3O3. The second-order valence-electron chi connectivity index (χ2n) is 7.19. The van der Waals surface area contributed by atoms with Crippen LogP contribution in [0, 0.1) is 5.95 Å². The minimum absolute atomic E-state index is 0.138. The average molecular weight is 357 g/mol. The first-order valence-corrected chi connectivity index (χ1v) is 8.81. The summed E-state index contributed by atoms with van der Waals surface area (Å²) in [6.45, 7) is 3.91. The fourth-order valence-electron chi connectivity index (χ4n) is 3.20. The predicted octanol–water partition coefficient (Wildman–Crippen LogP) is 3.07. The van der Waals surface area contributed by atoms with Crippen LogP contribution < -0.4 is 15.6 Å². The van der Waals surface area contributed by atoms with Crippen molar-refractivity contribution in [3.63, 3.8) is 0 Å². The summed E-state index contributed by atoms with van der Waals surface area (Å²) in [5.41, 5.74) is -0.0640. The molecule has 2 aromatic heterocycles. The maximum atomic E-state index is 14.3. The highest BCUT2D eigenvalue weighted by Gasteiger charge is 2.36. The number of fused-ring (bicyclic) bond motifs is 1. The van der Waals surface area contributed by atoms with Crippen molar-refractivity contribution in [2.24, 2.45) is 0 Å². The molecule has 0 spiro atoms. The van der Waals surface area contributed by atoms with Crippen LogP contribution in [0.3, 0.4) is 0 Å². The molecule has 1 N–H and O–H groups in total. The highest BCUT2D eigenvalue weighted by molar-refractivity contribution is 6.04. The molecule has 2 aromatic rings. The molecule has 3 heterocycles. The van der Waals surface area contributed by atoms with Gasteiger partial charge in [-0.25, -0.2) is 0 Å². The predicted molar refractivity (Wildman–Crippen MR) is 94.1 cm³/mol. The number of carbonyl (C=O) groups excluding carboxylic acids is 1. The van der Waals surface area contributed by atoms with Crippen LogP contribution in [0.15, 0.2) is 29.2 Å². The lowest BCUT2D eigenvalue weighted by Crippen LogP contribution is -2.28. The highest BCUT2D eigenvalue weighted by atomic mass is 19.1. The van der Waals surface area contributed by atoms with Gasteiger partial charge in [0.2, 0.25) is 11.8 Å². The molecule has 4 rings (SSSR count). The number of ether oxygens (including phenoxy) is 1. The first-order chi connectivity index (χ1) is 12.4. The Morgan fingerprint density at radius 3 is 2.96 bits per heavy atom. The van der Waals surface area contributed by atoms with Crippen molar-refractivity contribution in [1.82, 2.24) is 9.55 Å². The van der Waals surface area contributed by atoms with Crippen LogP contribution in [0.25, 0.3) is 0 Å². The molecule has 1 saturated carbocycles. The third-order valence-corrected chi connectivity index (χ3v) is 5.08. The summed E-state index contributed by atoms with van der Waals surface area (Å²) in [6.07, 6.45) is 4.92. The van der Waals surface area contributed by atoms with Crippen molar-refractivity contribution in [3.05, 3.63) is 51.8 Å². The monoisotopic (exact) mass is 357 g/mol. The Morgan fingerprint density at radius 1 is 1.50 bits per heavy atom. The topological polar surface area (TPSA) is 73.2 Å². The Morgan fingerprint density at radius 2 is 2.27 bits per heavy atom. The van der Waals surface area contributed by atoms with Gasteiger partial charge in [-0.2, -0.15) is 9.37 Å². The van der Waals surface area contributed by atoms with Gasteiger partial charge in [-0.05, 0) is 44.4 Å². The van der Waals surface area contributed by atoms with Crippen LogP contribution in [0.2, 0.25) is 0 Å². The number of hydrogen-bond donors (Lipinski definition) is 1. The Labute approximate surface area is 150 Å². The third-order valence-electron chi connectivity index (χ3n) is 5.08. The SMILES string of the molecule is CCC1(C)Cc2cc(C(=O)Nc3cccn(C4CC4)c3=O)c(F)nc2O1. The number of hydrogen-bond acceptors (Lipinski definition) is 4. The first kappa shape index (κ1) is 16.8. The van der Waals surface area contributed by atoms with Gasteiger partial charge in [0.15, 0.2) is 0 Å². The van der Waals surface area contributed by atoms with Gasteiger partial charge in [0, 0.05) is 24.2 Å². The Kier molecular flexibility index (Phi) is 3.82. The van der Waals surface area contributed by atoms with E-state index in [1.165, 1.54) is 12.1 Å². The van der Waals surface area contributed by atoms with Gasteiger partial charge in [0.25, 0.3) is 11.5 Å². The zero-order valence-electron chi connectivity index (χ0n) is 14.7. The standard InChI is InChI=1S/C19H20FN3O3/c1-3-19(2)10-11-9-13(15(20)22-17(11)26-19)16(24)21-14-5-4-8-23(18(14)25)12-6-7-12/h4-5,8-9,12H,3,6-7,10H2,1-2H3,(H,21,24). The summed E-state index contributed by atoms with van der Waals surface area (Å²) in [6, 6.07) is 4.89. The summed E-state index contributed by atoms with van der Waals surface area (Å²) < 4.78 is 21.7. The van der Waals surface area contributed by atoms with Crippen LogP contribution in [-0.4, -0.2) is 21.1 Å². The number of carbonyl (C=O) groups is 1. The van der Waals surface area contributed by atoms with Crippen LogP contribution in [0.4, 0.5) is 10.1 Å². The third kappa shape index (κ3) is 2.87. The molecule has 2 aliphatic rings. The number of nitrogens with one attached hydrogen (secondary N) is 1. The molecule has 1 amide bonds. The maximum absolute atomic E-state index is 14.3. The zero-order chi connectivity index (χ0) is 18.5. The number of aromatic nitrogens is 2. The lowest BCUT2D eigenvalue weighted by Gasteiger charge is -2.20. The van der Waals surface area contributed by atoms with Crippen LogP contribution in [0.1, 0.15) is 55.1 Å². The van der Waals surface area contributed by atoms with Crippen LogP contribution in [-0.2, 0) is 6.42 Å². The summed E-state index contributed by atoms with van der Waals surface area (Å²) >= 11 is 0. The maximum Gasteiger partial charge on any atom is 0.274 e. The van der Waals surface area contributed by atoms with Crippen molar-refractivity contribution in [2.45, 2.75) is 51.2 Å². The summed E-state index contributed by atoms with van der Waals surface area (Å²) in [4.78, 5) is 28.8. The van der Waals surface area contributed by atoms with Crippen molar-refractivity contribution in [2.75, 3.05) is 5.32 Å². The summed E-state index contributed by atoms with van der Waals surface area (Å²) in [5.74, 6) is -1.35. The molecule has 1 fully saturated rings. The van der Waals surface area contributed by atoms with E-state index in [9.17, 15) is 14.0 Å². The van der Waals surface area contributed by atoms with E-state index in [-0.39, 0.29) is 28.7 Å². The normalized spacial score (nSPS) is 21.2. The lowest BCUT2D eigenvalue weighted by atomic mass is 9.96. The van der Waals surface area contributed by atoms with Gasteiger partial charge < -0.3 is 14.6 Å². The Hall–Kier alpha value is -2.70. The molecule has 1 atom stereocenters. The number of halogens is 1. The molecule has 26 heavy (non-hydrogen) atoms. The second kappa shape index (κ2) is 5.93. The minimum Gasteiger partial charge on any atom is -0.471 e. The van der Waals surface area contributed by atoms with Gasteiger partial charge in [-0.3, -0.25) is 9.59 Å². The molecule has 6 nitrogen and oxygen atoms in total. The molecule has 0 radical (unpaired) electrons. The van der Waals surface area contributed by atoms with E-state index in [4.69, 9.17) is 4.74 Å². The largest absolute Gasteiger partial charge is 0.471 e. The van der Waals surface area contributed by atoms with E-state index in [1.54, 1.807) is 16.8 Å². The van der Waals surface area contributed by atoms with Gasteiger partial charge in [0.1, 0.15) is 11.3 Å². The van der Waals surface area contributed by atoms with Gasteiger partial charge in [-0.1, -0.05) is 6.92 Å². The Bertz CT molecular complexity index is 952. The number of nitrogens with zero attached hydrogens (tertiary/aromatic N) is 2. The van der Waals surface area contributed by atoms with E-state index in [2.05, 4.69) is 10.3 Å². The summed E-state index contributed by atoms with van der Waals surface area (Å²) in [7, 11) is 0. The minimum atomic E-state index is -0.903. The number of pyridine rings is 2. The van der Waals surface area contributed by atoms with Crippen molar-refractivity contribution in [1.29, 1.82) is 0 Å². The number of amides is 1. The van der Waals surface area contributed by atoms with Crippen molar-refractivity contribution in [3.8, 4) is 5.88 Å². The van der Waals surface area contributed by atoms with Gasteiger partial charge in [-0.15, -0.1) is 0 Å².